The van der Waals surface area contributed by atoms with Crippen molar-refractivity contribution < 1.29 is 4.79 Å². The van der Waals surface area contributed by atoms with Gasteiger partial charge in [-0.05, 0) is 106 Å². The number of carbonyl (C=O) groups excluding carboxylic acids is 1. The molecule has 1 fully saturated rings. The summed E-state index contributed by atoms with van der Waals surface area (Å²) in [6.45, 7) is 34.0. The Balaban J connectivity index is 3.08. The number of hydrogen-bond donors (Lipinski definition) is 0. The third-order valence-corrected chi connectivity index (χ3v) is 9.90. The topological polar surface area (TPSA) is 17.1 Å². The van der Waals surface area contributed by atoms with Crippen LogP contribution in [0.5, 0.6) is 0 Å². The number of allylic oxidation sites excluding steroid dienone is 3. The summed E-state index contributed by atoms with van der Waals surface area (Å²) in [5.41, 5.74) is 4.21. The second-order valence-corrected chi connectivity index (χ2v) is 13.1. The van der Waals surface area contributed by atoms with Crippen LogP contribution in [0, 0.1) is 53.3 Å². The van der Waals surface area contributed by atoms with Crippen molar-refractivity contribution in [3.05, 3.63) is 36.5 Å². The van der Waals surface area contributed by atoms with Crippen LogP contribution in [0.15, 0.2) is 36.5 Å². The van der Waals surface area contributed by atoms with Crippen LogP contribution in [0.2, 0.25) is 0 Å². The SMILES string of the molecule is C=C(CC)C(CC(=C)C1CC(C(CC(=C)C(CCC)C(C)C(C)=O)C(C)CC)CCC1C)CC(C)C. The van der Waals surface area contributed by atoms with Gasteiger partial charge < -0.3 is 0 Å². The minimum atomic E-state index is 0.0819. The summed E-state index contributed by atoms with van der Waals surface area (Å²) >= 11 is 0. The minimum absolute atomic E-state index is 0.0819. The van der Waals surface area contributed by atoms with Crippen molar-refractivity contribution >= 4 is 5.78 Å². The van der Waals surface area contributed by atoms with Crippen molar-refractivity contribution in [3.8, 4) is 0 Å². The average Bonchev–Trinajstić information content (AvgIpc) is 2.83. The molecule has 208 valence electrons. The predicted octanol–water partition coefficient (Wildman–Crippen LogP) is 10.9. The van der Waals surface area contributed by atoms with Gasteiger partial charge in [-0.2, -0.15) is 0 Å². The predicted molar refractivity (Wildman–Crippen MR) is 161 cm³/mol. The lowest BCUT2D eigenvalue weighted by Gasteiger charge is -2.42. The molecule has 1 heteroatoms. The van der Waals surface area contributed by atoms with Crippen molar-refractivity contribution in [2.45, 2.75) is 127 Å². The Morgan fingerprint density at radius 1 is 0.944 bits per heavy atom. The lowest BCUT2D eigenvalue weighted by atomic mass is 9.63. The third-order valence-electron chi connectivity index (χ3n) is 9.90. The van der Waals surface area contributed by atoms with E-state index in [0.717, 1.165) is 43.9 Å². The zero-order chi connectivity index (χ0) is 27.6. The van der Waals surface area contributed by atoms with E-state index in [0.29, 0.717) is 41.3 Å². The van der Waals surface area contributed by atoms with Crippen molar-refractivity contribution in [3.63, 3.8) is 0 Å². The molecule has 0 heterocycles. The van der Waals surface area contributed by atoms with E-state index in [1.54, 1.807) is 6.92 Å². The Morgan fingerprint density at radius 2 is 1.58 bits per heavy atom. The van der Waals surface area contributed by atoms with Gasteiger partial charge in [-0.25, -0.2) is 0 Å². The first-order valence-corrected chi connectivity index (χ1v) is 15.4. The van der Waals surface area contributed by atoms with Crippen molar-refractivity contribution in [2.75, 3.05) is 0 Å². The second-order valence-electron chi connectivity index (χ2n) is 13.1. The van der Waals surface area contributed by atoms with E-state index < -0.39 is 0 Å². The molecule has 8 atom stereocenters. The smallest absolute Gasteiger partial charge is 0.133 e. The minimum Gasteiger partial charge on any atom is -0.300 e. The van der Waals surface area contributed by atoms with Gasteiger partial charge in [0.15, 0.2) is 0 Å². The number of rotatable bonds is 17. The number of Topliss-reactive ketones (excluding diaryl/α,β-unsaturated/α-hetero) is 1. The van der Waals surface area contributed by atoms with Gasteiger partial charge in [-0.3, -0.25) is 4.79 Å². The Labute approximate surface area is 226 Å². The summed E-state index contributed by atoms with van der Waals surface area (Å²) in [6, 6.07) is 0. The molecule has 0 amide bonds. The van der Waals surface area contributed by atoms with Gasteiger partial charge in [0.05, 0.1) is 0 Å². The van der Waals surface area contributed by atoms with Crippen LogP contribution in [0.3, 0.4) is 0 Å². The molecule has 0 aromatic carbocycles. The average molecular weight is 499 g/mol. The van der Waals surface area contributed by atoms with Gasteiger partial charge in [-0.15, -0.1) is 0 Å². The van der Waals surface area contributed by atoms with E-state index >= 15 is 0 Å². The molecule has 0 aromatic heterocycles. The van der Waals surface area contributed by atoms with Crippen molar-refractivity contribution in [2.24, 2.45) is 53.3 Å². The van der Waals surface area contributed by atoms with Gasteiger partial charge in [0.25, 0.3) is 0 Å². The summed E-state index contributed by atoms with van der Waals surface area (Å²) in [7, 11) is 0. The number of ketones is 1. The quantitative estimate of drug-likeness (QED) is 0.182. The van der Waals surface area contributed by atoms with Crippen LogP contribution >= 0.6 is 0 Å². The first-order valence-electron chi connectivity index (χ1n) is 15.4. The molecule has 1 saturated carbocycles. The molecule has 0 radical (unpaired) electrons. The maximum Gasteiger partial charge on any atom is 0.133 e. The van der Waals surface area contributed by atoms with E-state index in [-0.39, 0.29) is 5.92 Å². The molecule has 8 unspecified atom stereocenters. The van der Waals surface area contributed by atoms with Crippen molar-refractivity contribution in [1.82, 2.24) is 0 Å². The monoisotopic (exact) mass is 498 g/mol. The molecule has 36 heavy (non-hydrogen) atoms. The molecule has 1 aliphatic rings. The zero-order valence-corrected chi connectivity index (χ0v) is 25.8. The standard InChI is InChI=1S/C35H62O/c1-13-16-33(29(11)30(12)36)28(10)21-35(25(7)15-3)31-18-17-26(8)34(22-31)27(9)20-32(19-23(4)5)24(6)14-2/h23,25-26,29,31-35H,6,9-10,13-22H2,1-5,7-8,11-12H3. The summed E-state index contributed by atoms with van der Waals surface area (Å²) in [4.78, 5) is 12.3. The van der Waals surface area contributed by atoms with Gasteiger partial charge in [0.1, 0.15) is 5.78 Å². The molecule has 1 aliphatic carbocycles. The second kappa shape index (κ2) is 16.0. The molecule has 1 rings (SSSR count). The van der Waals surface area contributed by atoms with Crippen LogP contribution in [0.25, 0.3) is 0 Å². The van der Waals surface area contributed by atoms with E-state index in [1.165, 1.54) is 48.8 Å². The maximum atomic E-state index is 12.3. The Bertz CT molecular complexity index is 712. The van der Waals surface area contributed by atoms with Crippen LogP contribution in [-0.4, -0.2) is 5.78 Å². The van der Waals surface area contributed by atoms with Gasteiger partial charge >= 0.3 is 0 Å². The van der Waals surface area contributed by atoms with Gasteiger partial charge in [-0.1, -0.05) is 105 Å². The first kappa shape index (κ1) is 32.9. The molecule has 0 bridgehead atoms. The summed E-state index contributed by atoms with van der Waals surface area (Å²) in [6.07, 6.45) is 11.8. The van der Waals surface area contributed by atoms with E-state index in [2.05, 4.69) is 68.5 Å². The van der Waals surface area contributed by atoms with Gasteiger partial charge in [0.2, 0.25) is 0 Å². The number of hydrogen-bond acceptors (Lipinski definition) is 1. The summed E-state index contributed by atoms with van der Waals surface area (Å²) in [5, 5.41) is 0. The van der Waals surface area contributed by atoms with E-state index in [9.17, 15) is 4.79 Å². The van der Waals surface area contributed by atoms with E-state index in [1.807, 2.05) is 0 Å². The van der Waals surface area contributed by atoms with Crippen molar-refractivity contribution in [1.29, 1.82) is 0 Å². The Kier molecular flexibility index (Phi) is 14.6. The lowest BCUT2D eigenvalue weighted by molar-refractivity contribution is -0.121. The van der Waals surface area contributed by atoms with Crippen LogP contribution in [0.4, 0.5) is 0 Å². The van der Waals surface area contributed by atoms with Gasteiger partial charge in [0, 0.05) is 5.92 Å². The van der Waals surface area contributed by atoms with Crippen LogP contribution < -0.4 is 0 Å². The Morgan fingerprint density at radius 3 is 2.08 bits per heavy atom. The summed E-state index contributed by atoms with van der Waals surface area (Å²) in [5.74, 6) is 5.37. The molecular weight excluding hydrogens is 436 g/mol. The first-order chi connectivity index (χ1) is 16.9. The molecule has 0 N–H and O–H groups in total. The highest BCUT2D eigenvalue weighted by molar-refractivity contribution is 5.78. The fourth-order valence-corrected chi connectivity index (χ4v) is 7.02. The molecule has 0 aliphatic heterocycles. The van der Waals surface area contributed by atoms with Crippen LogP contribution in [0.1, 0.15) is 127 Å². The number of carbonyl (C=O) groups is 1. The fraction of sp³-hybridized carbons (Fsp3) is 0.800. The molecule has 1 nitrogen and oxygen atoms in total. The maximum absolute atomic E-state index is 12.3. The Hall–Kier alpha value is -1.11. The highest BCUT2D eigenvalue weighted by Crippen LogP contribution is 2.47. The molecule has 0 aromatic rings. The molecular formula is C35H62O. The zero-order valence-electron chi connectivity index (χ0n) is 25.8. The lowest BCUT2D eigenvalue weighted by Crippen LogP contribution is -2.33. The van der Waals surface area contributed by atoms with E-state index in [4.69, 9.17) is 6.58 Å². The third kappa shape index (κ3) is 9.64. The van der Waals surface area contributed by atoms with Crippen LogP contribution in [-0.2, 0) is 4.79 Å². The normalized spacial score (nSPS) is 24.6. The summed E-state index contributed by atoms with van der Waals surface area (Å²) < 4.78 is 0. The highest BCUT2D eigenvalue weighted by Gasteiger charge is 2.37. The fourth-order valence-electron chi connectivity index (χ4n) is 7.02. The largest absolute Gasteiger partial charge is 0.300 e. The molecule has 0 spiro atoms. The molecule has 0 saturated heterocycles. The highest BCUT2D eigenvalue weighted by atomic mass is 16.1.